The molecule has 0 radical (unpaired) electrons. The Hall–Kier alpha value is -2.58. The van der Waals surface area contributed by atoms with Gasteiger partial charge in [0.25, 0.3) is 5.91 Å². The summed E-state index contributed by atoms with van der Waals surface area (Å²) in [6, 6.07) is 9.06. The Bertz CT molecular complexity index is 989. The lowest BCUT2D eigenvalue weighted by Gasteiger charge is -2.11. The van der Waals surface area contributed by atoms with E-state index < -0.39 is 21.9 Å². The third-order valence-corrected chi connectivity index (χ3v) is 4.41. The molecule has 2 aromatic rings. The van der Waals surface area contributed by atoms with E-state index in [0.717, 1.165) is 6.26 Å². The van der Waals surface area contributed by atoms with Crippen LogP contribution in [0.5, 0.6) is 0 Å². The van der Waals surface area contributed by atoms with Crippen LogP contribution in [0, 0.1) is 6.92 Å². The molecule has 0 aliphatic rings. The van der Waals surface area contributed by atoms with Gasteiger partial charge in [0.2, 0.25) is 10.0 Å². The molecule has 0 aliphatic heterocycles. The number of ether oxygens (including phenoxy) is 1. The Balaban J connectivity index is 2.16. The van der Waals surface area contributed by atoms with Crippen LogP contribution < -0.4 is 10.0 Å². The Labute approximate surface area is 162 Å². The zero-order valence-corrected chi connectivity index (χ0v) is 16.6. The number of aryl methyl sites for hydroxylation is 1. The van der Waals surface area contributed by atoms with Gasteiger partial charge in [-0.05, 0) is 55.8 Å². The molecule has 0 saturated heterocycles. The molecule has 2 aromatic carbocycles. The number of nitrogens with one attached hydrogen (secondary N) is 2. The molecule has 1 amide bonds. The number of amides is 1. The zero-order valence-electron chi connectivity index (χ0n) is 15.0. The van der Waals surface area contributed by atoms with Gasteiger partial charge in [-0.25, -0.2) is 13.2 Å². The van der Waals surface area contributed by atoms with Crippen molar-refractivity contribution in [3.8, 4) is 0 Å². The van der Waals surface area contributed by atoms with Crippen LogP contribution in [-0.4, -0.2) is 33.2 Å². The second-order valence-electron chi connectivity index (χ2n) is 5.77. The van der Waals surface area contributed by atoms with E-state index in [4.69, 9.17) is 16.3 Å². The summed E-state index contributed by atoms with van der Waals surface area (Å²) in [6.45, 7) is 3.62. The van der Waals surface area contributed by atoms with E-state index >= 15 is 0 Å². The first-order chi connectivity index (χ1) is 12.6. The molecule has 0 aromatic heterocycles. The maximum Gasteiger partial charge on any atom is 0.339 e. The van der Waals surface area contributed by atoms with Gasteiger partial charge in [-0.3, -0.25) is 9.52 Å². The van der Waals surface area contributed by atoms with Crippen LogP contribution in [0.25, 0.3) is 0 Å². The summed E-state index contributed by atoms with van der Waals surface area (Å²) in [7, 11) is -3.40. The quantitative estimate of drug-likeness (QED) is 0.710. The Kier molecular flexibility index (Phi) is 6.45. The molecular weight excluding hydrogens is 392 g/mol. The van der Waals surface area contributed by atoms with E-state index in [9.17, 15) is 18.0 Å². The molecule has 0 unspecified atom stereocenters. The predicted octanol–water partition coefficient (Wildman–Crippen LogP) is 3.45. The molecule has 2 N–H and O–H groups in total. The summed E-state index contributed by atoms with van der Waals surface area (Å²) in [5.41, 5.74) is 1.97. The summed E-state index contributed by atoms with van der Waals surface area (Å²) in [5, 5.41) is 2.84. The highest BCUT2D eigenvalue weighted by Crippen LogP contribution is 2.23. The predicted molar refractivity (Wildman–Crippen MR) is 105 cm³/mol. The van der Waals surface area contributed by atoms with Crippen molar-refractivity contribution in [2.45, 2.75) is 13.8 Å². The lowest BCUT2D eigenvalue weighted by Crippen LogP contribution is -2.14. The summed E-state index contributed by atoms with van der Waals surface area (Å²) in [5.74, 6) is -0.936. The Morgan fingerprint density at radius 3 is 2.41 bits per heavy atom. The van der Waals surface area contributed by atoms with Gasteiger partial charge in [0, 0.05) is 11.3 Å². The van der Waals surface area contributed by atoms with Crippen molar-refractivity contribution >= 4 is 44.9 Å². The number of carbonyl (C=O) groups excluding carboxylic acids is 2. The molecule has 0 aliphatic carbocycles. The third kappa shape index (κ3) is 5.70. The van der Waals surface area contributed by atoms with Gasteiger partial charge >= 0.3 is 5.97 Å². The van der Waals surface area contributed by atoms with Crippen molar-refractivity contribution in [3.63, 3.8) is 0 Å². The highest BCUT2D eigenvalue weighted by Gasteiger charge is 2.14. The Morgan fingerprint density at radius 2 is 1.85 bits per heavy atom. The summed E-state index contributed by atoms with van der Waals surface area (Å²) in [4.78, 5) is 24.2. The topological polar surface area (TPSA) is 102 Å². The fourth-order valence-corrected chi connectivity index (χ4v) is 3.18. The normalized spacial score (nSPS) is 11.0. The summed E-state index contributed by atoms with van der Waals surface area (Å²) in [6.07, 6.45) is 1.05. The first kappa shape index (κ1) is 20.7. The van der Waals surface area contributed by atoms with Gasteiger partial charge in [-0.15, -0.1) is 0 Å². The summed E-state index contributed by atoms with van der Waals surface area (Å²) >= 11 is 6.08. The highest BCUT2D eigenvalue weighted by atomic mass is 35.5. The Morgan fingerprint density at radius 1 is 1.15 bits per heavy atom. The average Bonchev–Trinajstić information content (AvgIpc) is 2.55. The molecule has 9 heteroatoms. The van der Waals surface area contributed by atoms with E-state index in [1.54, 1.807) is 26.0 Å². The van der Waals surface area contributed by atoms with E-state index in [-0.39, 0.29) is 17.2 Å². The maximum atomic E-state index is 12.4. The molecule has 144 valence electrons. The average molecular weight is 411 g/mol. The first-order valence-electron chi connectivity index (χ1n) is 7.97. The van der Waals surface area contributed by atoms with Crippen molar-refractivity contribution in [2.75, 3.05) is 22.9 Å². The smallest absolute Gasteiger partial charge is 0.339 e. The van der Waals surface area contributed by atoms with Crippen molar-refractivity contribution < 1.29 is 22.7 Å². The highest BCUT2D eigenvalue weighted by molar-refractivity contribution is 7.92. The lowest BCUT2D eigenvalue weighted by molar-refractivity contribution is 0.0526. The molecular formula is C18H19ClN2O5S. The first-order valence-corrected chi connectivity index (χ1v) is 10.2. The molecule has 27 heavy (non-hydrogen) atoms. The van der Waals surface area contributed by atoms with Gasteiger partial charge in [-0.2, -0.15) is 0 Å². The largest absolute Gasteiger partial charge is 0.462 e. The number of anilines is 2. The minimum atomic E-state index is -3.40. The SMILES string of the molecule is CCOC(=O)c1ccc(NC(=O)c2ccc(NS(C)(=O)=O)c(C)c2)cc1Cl. The van der Waals surface area contributed by atoms with E-state index in [2.05, 4.69) is 10.0 Å². The molecule has 2 rings (SSSR count). The van der Waals surface area contributed by atoms with Crippen LogP contribution in [0.15, 0.2) is 36.4 Å². The number of hydrogen-bond acceptors (Lipinski definition) is 5. The number of hydrogen-bond donors (Lipinski definition) is 2. The van der Waals surface area contributed by atoms with Crippen LogP contribution in [0.1, 0.15) is 33.2 Å². The van der Waals surface area contributed by atoms with E-state index in [1.807, 2.05) is 0 Å². The monoisotopic (exact) mass is 410 g/mol. The fourth-order valence-electron chi connectivity index (χ4n) is 2.29. The van der Waals surface area contributed by atoms with Crippen molar-refractivity contribution in [3.05, 3.63) is 58.1 Å². The third-order valence-electron chi connectivity index (χ3n) is 3.51. The number of sulfonamides is 1. The van der Waals surface area contributed by atoms with Crippen molar-refractivity contribution in [2.24, 2.45) is 0 Å². The van der Waals surface area contributed by atoms with Crippen molar-refractivity contribution in [1.82, 2.24) is 0 Å². The van der Waals surface area contributed by atoms with Gasteiger partial charge in [0.1, 0.15) is 0 Å². The molecule has 7 nitrogen and oxygen atoms in total. The molecule has 0 spiro atoms. The van der Waals surface area contributed by atoms with Crippen LogP contribution in [-0.2, 0) is 14.8 Å². The standard InChI is InChI=1S/C18H19ClN2O5S/c1-4-26-18(23)14-7-6-13(10-15(14)19)20-17(22)12-5-8-16(11(2)9-12)21-27(3,24)25/h5-10,21H,4H2,1-3H3,(H,20,22). The van der Waals surface area contributed by atoms with Crippen LogP contribution in [0.3, 0.4) is 0 Å². The molecule has 0 fully saturated rings. The summed E-state index contributed by atoms with van der Waals surface area (Å²) < 4.78 is 29.9. The molecule has 0 bridgehead atoms. The number of rotatable bonds is 6. The van der Waals surface area contributed by atoms with Gasteiger partial charge < -0.3 is 10.1 Å². The number of carbonyl (C=O) groups is 2. The zero-order chi connectivity index (χ0) is 20.2. The minimum absolute atomic E-state index is 0.162. The maximum absolute atomic E-state index is 12.4. The second kappa shape index (κ2) is 8.41. The van der Waals surface area contributed by atoms with E-state index in [0.29, 0.717) is 22.5 Å². The van der Waals surface area contributed by atoms with Gasteiger partial charge in [0.05, 0.1) is 29.1 Å². The fraction of sp³-hybridized carbons (Fsp3) is 0.222. The number of halogens is 1. The van der Waals surface area contributed by atoms with Crippen molar-refractivity contribution in [1.29, 1.82) is 0 Å². The number of esters is 1. The second-order valence-corrected chi connectivity index (χ2v) is 7.93. The van der Waals surface area contributed by atoms with Gasteiger partial charge in [-0.1, -0.05) is 11.6 Å². The molecule has 0 heterocycles. The van der Waals surface area contributed by atoms with E-state index in [1.165, 1.54) is 24.3 Å². The van der Waals surface area contributed by atoms with Crippen LogP contribution in [0.4, 0.5) is 11.4 Å². The van der Waals surface area contributed by atoms with Crippen LogP contribution in [0.2, 0.25) is 5.02 Å². The minimum Gasteiger partial charge on any atom is -0.462 e. The van der Waals surface area contributed by atoms with Gasteiger partial charge in [0.15, 0.2) is 0 Å². The number of benzene rings is 2. The lowest BCUT2D eigenvalue weighted by atomic mass is 10.1. The molecule has 0 atom stereocenters. The molecule has 0 saturated carbocycles. The van der Waals surface area contributed by atoms with Crippen LogP contribution >= 0.6 is 11.6 Å².